The largest absolute Gasteiger partial charge is 0.462 e. The van der Waals surface area contributed by atoms with E-state index in [0.717, 1.165) is 23.6 Å². The van der Waals surface area contributed by atoms with Crippen molar-refractivity contribution >= 4 is 34.3 Å². The van der Waals surface area contributed by atoms with Crippen LogP contribution in [0.1, 0.15) is 12.8 Å². The van der Waals surface area contributed by atoms with E-state index in [1.54, 1.807) is 0 Å². The van der Waals surface area contributed by atoms with Gasteiger partial charge in [0.2, 0.25) is 0 Å². The Morgan fingerprint density at radius 2 is 1.93 bits per heavy atom. The Hall–Kier alpha value is -2.89. The molecule has 2 aromatic carbocycles. The molecule has 5 rings (SSSR count). The Morgan fingerprint density at radius 1 is 1.11 bits per heavy atom. The first kappa shape index (κ1) is 16.3. The van der Waals surface area contributed by atoms with Crippen LogP contribution in [0.2, 0.25) is 0 Å². The molecule has 1 amide bonds. The van der Waals surface area contributed by atoms with Crippen LogP contribution in [0.25, 0.3) is 10.8 Å². The minimum absolute atomic E-state index is 0.0220. The molecule has 3 fully saturated rings. The van der Waals surface area contributed by atoms with E-state index in [-0.39, 0.29) is 36.4 Å². The van der Waals surface area contributed by atoms with E-state index in [4.69, 9.17) is 9.47 Å². The van der Waals surface area contributed by atoms with Crippen LogP contribution in [0.4, 0.5) is 5.69 Å². The Kier molecular flexibility index (Phi) is 3.67. The maximum Gasteiger partial charge on any atom is 0.310 e. The lowest BCUT2D eigenvalue weighted by molar-refractivity contribution is -0.157. The summed E-state index contributed by atoms with van der Waals surface area (Å²) in [5.41, 5.74) is 0.677. The van der Waals surface area contributed by atoms with Gasteiger partial charge in [0.25, 0.3) is 5.91 Å². The summed E-state index contributed by atoms with van der Waals surface area (Å²) in [5.74, 6) is -1.72. The molecule has 5 atom stereocenters. The molecule has 2 saturated carbocycles. The number of benzene rings is 2. The van der Waals surface area contributed by atoms with Gasteiger partial charge in [0.1, 0.15) is 6.10 Å². The summed E-state index contributed by atoms with van der Waals surface area (Å²) in [6, 6.07) is 13.4. The van der Waals surface area contributed by atoms with Crippen molar-refractivity contribution in [2.24, 2.45) is 23.7 Å². The van der Waals surface area contributed by atoms with E-state index < -0.39 is 17.8 Å². The van der Waals surface area contributed by atoms with Gasteiger partial charge in [-0.25, -0.2) is 0 Å². The Labute approximate surface area is 155 Å². The zero-order valence-corrected chi connectivity index (χ0v) is 14.6. The molecule has 2 aromatic rings. The molecule has 0 radical (unpaired) electrons. The quantitative estimate of drug-likeness (QED) is 0.842. The summed E-state index contributed by atoms with van der Waals surface area (Å²) in [6.45, 7) is -0.360. The lowest BCUT2D eigenvalue weighted by atomic mass is 9.80. The van der Waals surface area contributed by atoms with E-state index >= 15 is 0 Å². The average Bonchev–Trinajstić information content (AvgIpc) is 3.29. The second-order valence-corrected chi connectivity index (χ2v) is 7.60. The number of hydrogen-bond donors (Lipinski definition) is 1. The molecule has 138 valence electrons. The second kappa shape index (κ2) is 6.08. The van der Waals surface area contributed by atoms with Crippen molar-refractivity contribution in [1.82, 2.24) is 0 Å². The number of amides is 1. The SMILES string of the molecule is O=C(COC(=O)[C@@H]1[C@@H]2C[C@H]3[C@@H]1C(=O)O[C@@H]3C2)Nc1cccc2ccccc12. The van der Waals surface area contributed by atoms with E-state index in [1.807, 2.05) is 42.5 Å². The van der Waals surface area contributed by atoms with Gasteiger partial charge in [-0.3, -0.25) is 14.4 Å². The predicted octanol–water partition coefficient (Wildman–Crippen LogP) is 2.52. The molecule has 0 aromatic heterocycles. The molecule has 1 aliphatic heterocycles. The monoisotopic (exact) mass is 365 g/mol. The van der Waals surface area contributed by atoms with Crippen molar-refractivity contribution in [3.63, 3.8) is 0 Å². The summed E-state index contributed by atoms with van der Waals surface area (Å²) in [6.07, 6.45) is 1.55. The predicted molar refractivity (Wildman–Crippen MR) is 96.6 cm³/mol. The first-order valence-corrected chi connectivity index (χ1v) is 9.26. The van der Waals surface area contributed by atoms with Crippen LogP contribution in [0.5, 0.6) is 0 Å². The van der Waals surface area contributed by atoms with E-state index in [1.165, 1.54) is 0 Å². The molecule has 2 bridgehead atoms. The number of hydrogen-bond acceptors (Lipinski definition) is 5. The van der Waals surface area contributed by atoms with Gasteiger partial charge >= 0.3 is 11.9 Å². The second-order valence-electron chi connectivity index (χ2n) is 7.60. The Morgan fingerprint density at radius 3 is 2.81 bits per heavy atom. The Bertz CT molecular complexity index is 947. The minimum atomic E-state index is -0.466. The van der Waals surface area contributed by atoms with Crippen molar-refractivity contribution < 1.29 is 23.9 Å². The zero-order valence-electron chi connectivity index (χ0n) is 14.6. The average molecular weight is 365 g/mol. The van der Waals surface area contributed by atoms with Crippen LogP contribution in [0, 0.1) is 23.7 Å². The topological polar surface area (TPSA) is 81.7 Å². The number of nitrogens with one attached hydrogen (secondary N) is 1. The van der Waals surface area contributed by atoms with Gasteiger partial charge in [0, 0.05) is 17.0 Å². The number of fused-ring (bicyclic) bond motifs is 2. The molecule has 0 unspecified atom stereocenters. The maximum atomic E-state index is 12.5. The van der Waals surface area contributed by atoms with E-state index in [0.29, 0.717) is 5.69 Å². The highest BCUT2D eigenvalue weighted by Gasteiger charge is 2.64. The Balaban J connectivity index is 1.23. The van der Waals surface area contributed by atoms with Crippen LogP contribution in [-0.4, -0.2) is 30.6 Å². The first-order valence-electron chi connectivity index (χ1n) is 9.26. The first-order chi connectivity index (χ1) is 13.1. The van der Waals surface area contributed by atoms with Crippen molar-refractivity contribution in [2.75, 3.05) is 11.9 Å². The summed E-state index contributed by atoms with van der Waals surface area (Å²) in [4.78, 5) is 36.8. The molecule has 1 heterocycles. The molecule has 2 aliphatic carbocycles. The lowest BCUT2D eigenvalue weighted by Gasteiger charge is -2.22. The third kappa shape index (κ3) is 2.59. The fourth-order valence-electron chi connectivity index (χ4n) is 5.08. The highest BCUT2D eigenvalue weighted by molar-refractivity contribution is 6.02. The van der Waals surface area contributed by atoms with Gasteiger partial charge in [-0.1, -0.05) is 36.4 Å². The molecule has 1 N–H and O–H groups in total. The fraction of sp³-hybridized carbons (Fsp3) is 0.381. The van der Waals surface area contributed by atoms with Crippen LogP contribution in [0.3, 0.4) is 0 Å². The zero-order chi connectivity index (χ0) is 18.5. The molecular formula is C21H19NO5. The third-order valence-electron chi connectivity index (χ3n) is 6.16. The van der Waals surface area contributed by atoms with Crippen molar-refractivity contribution in [1.29, 1.82) is 0 Å². The van der Waals surface area contributed by atoms with Gasteiger partial charge in [-0.15, -0.1) is 0 Å². The molecule has 3 aliphatic rings. The number of esters is 2. The van der Waals surface area contributed by atoms with Crippen LogP contribution >= 0.6 is 0 Å². The highest BCUT2D eigenvalue weighted by atomic mass is 16.6. The number of rotatable bonds is 4. The number of carbonyl (C=O) groups excluding carboxylic acids is 3. The number of anilines is 1. The van der Waals surface area contributed by atoms with Gasteiger partial charge < -0.3 is 14.8 Å². The van der Waals surface area contributed by atoms with Crippen LogP contribution < -0.4 is 5.32 Å². The van der Waals surface area contributed by atoms with Gasteiger partial charge in [0.05, 0.1) is 11.8 Å². The smallest absolute Gasteiger partial charge is 0.310 e. The lowest BCUT2D eigenvalue weighted by Crippen LogP contribution is -2.34. The van der Waals surface area contributed by atoms with Crippen LogP contribution in [0.15, 0.2) is 42.5 Å². The number of ether oxygens (including phenoxy) is 2. The molecule has 6 heteroatoms. The molecule has 27 heavy (non-hydrogen) atoms. The van der Waals surface area contributed by atoms with Gasteiger partial charge in [-0.2, -0.15) is 0 Å². The third-order valence-corrected chi connectivity index (χ3v) is 6.16. The fourth-order valence-corrected chi connectivity index (χ4v) is 5.08. The van der Waals surface area contributed by atoms with E-state index in [9.17, 15) is 14.4 Å². The van der Waals surface area contributed by atoms with Crippen LogP contribution in [-0.2, 0) is 23.9 Å². The normalized spacial score (nSPS) is 30.4. The highest BCUT2D eigenvalue weighted by Crippen LogP contribution is 2.57. The minimum Gasteiger partial charge on any atom is -0.462 e. The molecule has 0 spiro atoms. The summed E-state index contributed by atoms with van der Waals surface area (Å²) >= 11 is 0. The standard InChI is InChI=1S/C21H19NO5/c23-17(22-15-7-3-5-11-4-1-2-6-13(11)15)10-26-20(24)18-12-8-14-16(9-12)27-21(25)19(14)18/h1-7,12,14,16,18-19H,8-10H2,(H,22,23)/t12-,14-,16-,18-,19+/m1/s1. The van der Waals surface area contributed by atoms with Crippen molar-refractivity contribution in [3.8, 4) is 0 Å². The van der Waals surface area contributed by atoms with Crippen molar-refractivity contribution in [3.05, 3.63) is 42.5 Å². The van der Waals surface area contributed by atoms with E-state index in [2.05, 4.69) is 5.32 Å². The maximum absolute atomic E-state index is 12.5. The van der Waals surface area contributed by atoms with Gasteiger partial charge in [-0.05, 0) is 30.2 Å². The molecular weight excluding hydrogens is 346 g/mol. The summed E-state index contributed by atoms with van der Waals surface area (Å²) in [7, 11) is 0. The van der Waals surface area contributed by atoms with Gasteiger partial charge in [0.15, 0.2) is 6.61 Å². The molecule has 6 nitrogen and oxygen atoms in total. The summed E-state index contributed by atoms with van der Waals surface area (Å²) < 4.78 is 10.6. The number of carbonyl (C=O) groups is 3. The molecule has 1 saturated heterocycles. The van der Waals surface area contributed by atoms with Crippen molar-refractivity contribution in [2.45, 2.75) is 18.9 Å². The summed E-state index contributed by atoms with van der Waals surface area (Å²) in [5, 5.41) is 4.74.